The number of hydrogen-bond acceptors (Lipinski definition) is 20. The standard InChI is InChI=1S/C27H20Cl2N8O13S3.Ni/c1-47-19-9-15(34-36-17-7-11(52(41,42)43)3-6-18(17)38)16(10-20(19)48-2)35-37-22-21(51-50-49-40)8-13-12(23(22)39)4-5-14(24(13)53(44,45)46)30-27-32-25(28)31-26(29)33-27;/h3-10,38-40H,1-2H3,(H,41,42,43)(H,44,45,46)(H,30,31,32,33);. The van der Waals surface area contributed by atoms with Crippen LogP contribution in [0.3, 0.4) is 0 Å². The molecule has 288 valence electrons. The fraction of sp³-hybridized carbons (Fsp3) is 0.0741. The van der Waals surface area contributed by atoms with Crippen LogP contribution in [0.5, 0.6) is 23.0 Å². The van der Waals surface area contributed by atoms with E-state index >= 15 is 0 Å². The van der Waals surface area contributed by atoms with E-state index in [0.717, 1.165) is 30.3 Å². The van der Waals surface area contributed by atoms with Crippen molar-refractivity contribution in [3.8, 4) is 23.0 Å². The average Bonchev–Trinajstić information content (AvgIpc) is 3.08. The van der Waals surface area contributed by atoms with Gasteiger partial charge in [-0.2, -0.15) is 31.8 Å². The third kappa shape index (κ3) is 9.58. The summed E-state index contributed by atoms with van der Waals surface area (Å²) in [6, 6.07) is 8.83. The first-order chi connectivity index (χ1) is 25.0. The minimum atomic E-state index is -5.09. The Kier molecular flexibility index (Phi) is 13.5. The zero-order valence-corrected chi connectivity index (χ0v) is 31.5. The maximum absolute atomic E-state index is 12.7. The summed E-state index contributed by atoms with van der Waals surface area (Å²) in [5, 5.41) is 51.6. The predicted octanol–water partition coefficient (Wildman–Crippen LogP) is 7.25. The topological polar surface area (TPSA) is 306 Å². The van der Waals surface area contributed by atoms with Crippen molar-refractivity contribution in [2.75, 3.05) is 19.5 Å². The van der Waals surface area contributed by atoms with Crippen molar-refractivity contribution in [3.05, 3.63) is 59.1 Å². The Hall–Kier alpha value is -4.53. The van der Waals surface area contributed by atoms with Crippen LogP contribution in [0, 0.1) is 0 Å². The van der Waals surface area contributed by atoms with Crippen molar-refractivity contribution in [1.29, 1.82) is 0 Å². The molecule has 0 saturated carbocycles. The molecule has 0 fully saturated rings. The second-order valence-corrected chi connectivity index (χ2v) is 14.1. The third-order valence-corrected chi connectivity index (χ3v) is 9.44. The van der Waals surface area contributed by atoms with Crippen LogP contribution >= 0.6 is 35.2 Å². The van der Waals surface area contributed by atoms with Gasteiger partial charge in [0.1, 0.15) is 33.4 Å². The molecule has 1 heterocycles. The molecule has 0 aliphatic carbocycles. The molecule has 27 heteroatoms. The smallest absolute Gasteiger partial charge is 0.297 e. The van der Waals surface area contributed by atoms with Gasteiger partial charge in [0.15, 0.2) is 17.2 Å². The van der Waals surface area contributed by atoms with Crippen LogP contribution in [-0.2, 0) is 46.1 Å². The van der Waals surface area contributed by atoms with E-state index in [2.05, 4.69) is 50.1 Å². The minimum Gasteiger partial charge on any atom is -0.506 e. The SMILES string of the molecule is COc1cc(N=Nc2cc(S(=O)(=O)O)ccc2O)c(N=Nc2c(SOOO)cc3c(S(=O)(=O)O)c(Nc4nc(Cl)nc(Cl)n4)ccc3c2O)cc1OC.[Ni]. The number of benzene rings is 4. The van der Waals surface area contributed by atoms with E-state index in [9.17, 15) is 36.2 Å². The summed E-state index contributed by atoms with van der Waals surface area (Å²) in [6.45, 7) is 0. The van der Waals surface area contributed by atoms with E-state index in [0.29, 0.717) is 0 Å². The van der Waals surface area contributed by atoms with Gasteiger partial charge in [0.05, 0.1) is 41.7 Å². The van der Waals surface area contributed by atoms with E-state index in [4.69, 9.17) is 37.9 Å². The number of halogens is 2. The van der Waals surface area contributed by atoms with Gasteiger partial charge in [-0.05, 0) is 59.6 Å². The molecular formula is C27H20Cl2N8NiO13S3. The first kappa shape index (κ1) is 42.2. The van der Waals surface area contributed by atoms with Crippen LogP contribution in [-0.4, -0.2) is 70.6 Å². The molecule has 0 radical (unpaired) electrons. The molecule has 0 bridgehead atoms. The van der Waals surface area contributed by atoms with E-state index < -0.39 is 47.2 Å². The Bertz CT molecular complexity index is 2520. The number of anilines is 2. The Morgan fingerprint density at radius 2 is 1.35 bits per heavy atom. The van der Waals surface area contributed by atoms with Crippen molar-refractivity contribution in [2.45, 2.75) is 14.7 Å². The Balaban J connectivity index is 0.00000650. The van der Waals surface area contributed by atoms with Gasteiger partial charge in [-0.15, -0.1) is 24.8 Å². The predicted molar refractivity (Wildman–Crippen MR) is 185 cm³/mol. The number of hydrogen-bond donors (Lipinski definition) is 6. The summed E-state index contributed by atoms with van der Waals surface area (Å²) < 4.78 is 83.5. The molecule has 54 heavy (non-hydrogen) atoms. The molecule has 5 rings (SSSR count). The first-order valence-corrected chi connectivity index (χ1v) is 18.1. The Labute approximate surface area is 327 Å². The quantitative estimate of drug-likeness (QED) is 0.0169. The molecule has 6 N–H and O–H groups in total. The molecule has 0 aliphatic rings. The third-order valence-electron chi connectivity index (χ3n) is 6.67. The number of nitrogens with one attached hydrogen (secondary N) is 1. The number of rotatable bonds is 13. The van der Waals surface area contributed by atoms with Crippen molar-refractivity contribution >= 4 is 101 Å². The van der Waals surface area contributed by atoms with Crippen molar-refractivity contribution < 1.29 is 76.7 Å². The largest absolute Gasteiger partial charge is 0.506 e. The van der Waals surface area contributed by atoms with Gasteiger partial charge in [0.2, 0.25) is 16.5 Å². The number of phenols is 2. The van der Waals surface area contributed by atoms with E-state index in [-0.39, 0.29) is 95.0 Å². The Morgan fingerprint density at radius 1 is 0.759 bits per heavy atom. The molecule has 5 aromatic rings. The second kappa shape index (κ2) is 17.3. The van der Waals surface area contributed by atoms with Crippen LogP contribution in [0.1, 0.15) is 0 Å². The van der Waals surface area contributed by atoms with E-state index in [1.165, 1.54) is 32.4 Å². The van der Waals surface area contributed by atoms with Gasteiger partial charge in [0, 0.05) is 39.4 Å². The number of phenolic OH excluding ortho intramolecular Hbond substituents is 2. The summed E-state index contributed by atoms with van der Waals surface area (Å²) in [5.74, 6) is -1.27. The van der Waals surface area contributed by atoms with Crippen LogP contribution in [0.2, 0.25) is 10.6 Å². The first-order valence-electron chi connectivity index (χ1n) is 13.7. The second-order valence-electron chi connectivity index (χ2n) is 9.85. The van der Waals surface area contributed by atoms with Gasteiger partial charge < -0.3 is 25.0 Å². The number of azo groups is 2. The van der Waals surface area contributed by atoms with Crippen LogP contribution in [0.25, 0.3) is 10.8 Å². The number of methoxy groups -OCH3 is 2. The molecular weight excluding hydrogens is 870 g/mol. The number of fused-ring (bicyclic) bond motifs is 1. The van der Waals surface area contributed by atoms with Gasteiger partial charge in [-0.1, -0.05) is 5.04 Å². The zero-order valence-electron chi connectivity index (χ0n) is 26.5. The van der Waals surface area contributed by atoms with Gasteiger partial charge in [0.25, 0.3) is 20.2 Å². The van der Waals surface area contributed by atoms with Crippen molar-refractivity contribution in [2.24, 2.45) is 20.5 Å². The number of ether oxygens (including phenoxy) is 2. The molecule has 0 unspecified atom stereocenters. The molecule has 0 saturated heterocycles. The summed E-state index contributed by atoms with van der Waals surface area (Å²) in [7, 11) is -7.13. The fourth-order valence-electron chi connectivity index (χ4n) is 4.46. The van der Waals surface area contributed by atoms with Gasteiger partial charge >= 0.3 is 0 Å². The fourth-order valence-corrected chi connectivity index (χ4v) is 6.65. The summed E-state index contributed by atoms with van der Waals surface area (Å²) in [6.07, 6.45) is 0. The monoisotopic (exact) mass is 888 g/mol. The molecule has 1 aromatic heterocycles. The van der Waals surface area contributed by atoms with Crippen molar-refractivity contribution in [1.82, 2.24) is 15.0 Å². The maximum Gasteiger partial charge on any atom is 0.297 e. The molecule has 0 atom stereocenters. The average molecular weight is 890 g/mol. The number of aromatic hydroxyl groups is 2. The van der Waals surface area contributed by atoms with Crippen LogP contribution in [0.4, 0.5) is 34.4 Å². The van der Waals surface area contributed by atoms with Gasteiger partial charge in [-0.3, -0.25) is 9.11 Å². The molecule has 0 spiro atoms. The summed E-state index contributed by atoms with van der Waals surface area (Å²) in [4.78, 5) is 9.60. The van der Waals surface area contributed by atoms with Crippen molar-refractivity contribution in [3.63, 3.8) is 0 Å². The summed E-state index contributed by atoms with van der Waals surface area (Å²) in [5.41, 5.74) is -1.30. The number of aromatic nitrogens is 3. The Morgan fingerprint density at radius 3 is 1.91 bits per heavy atom. The van der Waals surface area contributed by atoms with E-state index in [1.807, 2.05) is 0 Å². The molecule has 0 aliphatic heterocycles. The minimum absolute atomic E-state index is 0. The summed E-state index contributed by atoms with van der Waals surface area (Å²) >= 11 is 11.9. The van der Waals surface area contributed by atoms with Crippen LogP contribution in [0.15, 0.2) is 83.7 Å². The van der Waals surface area contributed by atoms with Crippen LogP contribution < -0.4 is 14.8 Å². The maximum atomic E-state index is 12.7. The molecule has 4 aromatic carbocycles. The normalized spacial score (nSPS) is 12.0. The van der Waals surface area contributed by atoms with E-state index in [1.54, 1.807) is 0 Å². The van der Waals surface area contributed by atoms with Gasteiger partial charge in [-0.25, -0.2) is 5.26 Å². The zero-order chi connectivity index (χ0) is 38.7. The number of nitrogens with zero attached hydrogens (tertiary/aromatic N) is 7. The molecule has 0 amide bonds. The molecule has 21 nitrogen and oxygen atoms in total.